The second kappa shape index (κ2) is 8.79. The van der Waals surface area contributed by atoms with Gasteiger partial charge in [-0.25, -0.2) is 0 Å². The first kappa shape index (κ1) is 22.1. The molecule has 0 aromatic heterocycles. The maximum Gasteiger partial charge on any atom is 0.151 e. The summed E-state index contributed by atoms with van der Waals surface area (Å²) in [6.07, 6.45) is 0. The number of ether oxygens (including phenoxy) is 1. The molecule has 0 atom stereocenters. The molecule has 0 aliphatic rings. The van der Waals surface area contributed by atoms with Crippen molar-refractivity contribution in [3.8, 4) is 28.7 Å². The summed E-state index contributed by atoms with van der Waals surface area (Å²) in [4.78, 5) is 1.92. The molecule has 0 radical (unpaired) electrons. The van der Waals surface area contributed by atoms with E-state index >= 15 is 0 Å². The van der Waals surface area contributed by atoms with Gasteiger partial charge >= 0.3 is 0 Å². The van der Waals surface area contributed by atoms with Crippen LogP contribution in [0.4, 0.5) is 17.1 Å². The minimum Gasteiger partial charge on any atom is -0.508 e. The largest absolute Gasteiger partial charge is 0.508 e. The van der Waals surface area contributed by atoms with E-state index in [1.165, 1.54) is 0 Å². The lowest BCUT2D eigenvalue weighted by atomic mass is 10.1. The van der Waals surface area contributed by atoms with Gasteiger partial charge in [-0.2, -0.15) is 0 Å². The number of anilines is 3. The van der Waals surface area contributed by atoms with Crippen LogP contribution in [0.5, 0.6) is 28.7 Å². The Kier molecular flexibility index (Phi) is 5.88. The van der Waals surface area contributed by atoms with E-state index in [-0.39, 0.29) is 17.2 Å². The summed E-state index contributed by atoms with van der Waals surface area (Å²) in [6.45, 7) is 7.42. The summed E-state index contributed by atoms with van der Waals surface area (Å²) in [6, 6.07) is 21.9. The minimum atomic E-state index is 0.164. The molecule has 0 aliphatic carbocycles. The van der Waals surface area contributed by atoms with Gasteiger partial charge in [-0.05, 0) is 74.7 Å². The number of hydrogen-bond donors (Lipinski definition) is 3. The zero-order chi connectivity index (χ0) is 23.7. The summed E-state index contributed by atoms with van der Waals surface area (Å²) in [5, 5.41) is 31.0. The Hall–Kier alpha value is -4.12. The lowest BCUT2D eigenvalue weighted by molar-refractivity contribution is 0.446. The van der Waals surface area contributed by atoms with Crippen molar-refractivity contribution in [1.29, 1.82) is 0 Å². The predicted molar refractivity (Wildman–Crippen MR) is 132 cm³/mol. The minimum absolute atomic E-state index is 0.164. The predicted octanol–water partition coefficient (Wildman–Crippen LogP) is 7.30. The monoisotopic (exact) mass is 441 g/mol. The second-order valence-corrected chi connectivity index (χ2v) is 8.20. The molecule has 0 bridgehead atoms. The zero-order valence-electron chi connectivity index (χ0n) is 19.1. The van der Waals surface area contributed by atoms with Crippen LogP contribution < -0.4 is 9.64 Å². The number of phenols is 3. The molecule has 168 valence electrons. The highest BCUT2D eigenvalue weighted by Crippen LogP contribution is 2.45. The summed E-state index contributed by atoms with van der Waals surface area (Å²) >= 11 is 0. The third kappa shape index (κ3) is 4.30. The number of benzene rings is 4. The number of phenolic OH excluding ortho intramolecular Hbond substituents is 3. The van der Waals surface area contributed by atoms with Crippen LogP contribution in [0.15, 0.2) is 72.8 Å². The standard InChI is InChI=1S/C28H27NO4/c1-17-9-12-21(15-25(17)31)29(22-13-10-18(2)26(32)16-22)23-7-5-6-8-27(23)33-28-19(3)11-14-24(30)20(28)4/h5-16,30-32H,1-4H3. The maximum absolute atomic E-state index is 10.4. The van der Waals surface area contributed by atoms with Crippen LogP contribution in [0.1, 0.15) is 22.3 Å². The van der Waals surface area contributed by atoms with Crippen LogP contribution in [-0.4, -0.2) is 15.3 Å². The van der Waals surface area contributed by atoms with Gasteiger partial charge in [0, 0.05) is 29.1 Å². The Morgan fingerprint density at radius 1 is 0.606 bits per heavy atom. The van der Waals surface area contributed by atoms with E-state index in [1.807, 2.05) is 87.2 Å². The van der Waals surface area contributed by atoms with Crippen molar-refractivity contribution in [1.82, 2.24) is 0 Å². The van der Waals surface area contributed by atoms with Crippen molar-refractivity contribution in [3.63, 3.8) is 0 Å². The smallest absolute Gasteiger partial charge is 0.151 e. The topological polar surface area (TPSA) is 73.2 Å². The fraction of sp³-hybridized carbons (Fsp3) is 0.143. The van der Waals surface area contributed by atoms with E-state index in [0.717, 1.165) is 16.7 Å². The Balaban J connectivity index is 1.91. The average molecular weight is 442 g/mol. The van der Waals surface area contributed by atoms with E-state index in [0.29, 0.717) is 34.1 Å². The molecule has 0 heterocycles. The highest BCUT2D eigenvalue weighted by molar-refractivity contribution is 5.81. The molecule has 0 fully saturated rings. The number of nitrogens with zero attached hydrogens (tertiary/aromatic N) is 1. The molecule has 0 saturated heterocycles. The second-order valence-electron chi connectivity index (χ2n) is 8.20. The van der Waals surface area contributed by atoms with Crippen LogP contribution in [0.25, 0.3) is 0 Å². The van der Waals surface area contributed by atoms with Gasteiger partial charge < -0.3 is 25.0 Å². The summed E-state index contributed by atoms with van der Waals surface area (Å²) in [5.41, 5.74) is 5.21. The molecule has 3 N–H and O–H groups in total. The Morgan fingerprint density at radius 3 is 1.73 bits per heavy atom. The van der Waals surface area contributed by atoms with E-state index in [2.05, 4.69) is 0 Å². The van der Waals surface area contributed by atoms with Crippen molar-refractivity contribution in [2.75, 3.05) is 4.90 Å². The van der Waals surface area contributed by atoms with Gasteiger partial charge in [0.15, 0.2) is 5.75 Å². The molecule has 0 amide bonds. The molecule has 4 aromatic carbocycles. The van der Waals surface area contributed by atoms with Gasteiger partial charge in [-0.15, -0.1) is 0 Å². The Labute approximate surface area is 193 Å². The molecule has 5 nitrogen and oxygen atoms in total. The summed E-state index contributed by atoms with van der Waals surface area (Å²) in [5.74, 6) is 1.66. The third-order valence-corrected chi connectivity index (χ3v) is 5.79. The molecular formula is C28H27NO4. The fourth-order valence-corrected chi connectivity index (χ4v) is 3.71. The maximum atomic E-state index is 10.4. The number of aryl methyl sites for hydroxylation is 3. The molecule has 0 unspecified atom stereocenters. The zero-order valence-corrected chi connectivity index (χ0v) is 19.1. The van der Waals surface area contributed by atoms with E-state index in [1.54, 1.807) is 18.2 Å². The SMILES string of the molecule is Cc1ccc(N(c2ccc(C)c(O)c2)c2ccccc2Oc2c(C)ccc(O)c2C)cc1O. The number of hydrogen-bond acceptors (Lipinski definition) is 5. The fourth-order valence-electron chi connectivity index (χ4n) is 3.71. The van der Waals surface area contributed by atoms with Crippen molar-refractivity contribution < 1.29 is 20.1 Å². The van der Waals surface area contributed by atoms with Crippen molar-refractivity contribution >= 4 is 17.1 Å². The molecule has 0 spiro atoms. The van der Waals surface area contributed by atoms with Gasteiger partial charge in [0.25, 0.3) is 0 Å². The van der Waals surface area contributed by atoms with E-state index in [4.69, 9.17) is 4.74 Å². The number of rotatable bonds is 5. The molecule has 5 heteroatoms. The molecule has 4 rings (SSSR count). The van der Waals surface area contributed by atoms with Crippen molar-refractivity contribution in [3.05, 3.63) is 95.1 Å². The number of aromatic hydroxyl groups is 3. The van der Waals surface area contributed by atoms with Crippen LogP contribution >= 0.6 is 0 Å². The number of para-hydroxylation sites is 2. The molecule has 4 aromatic rings. The lowest BCUT2D eigenvalue weighted by Gasteiger charge is -2.28. The van der Waals surface area contributed by atoms with Crippen LogP contribution in [0.3, 0.4) is 0 Å². The lowest BCUT2D eigenvalue weighted by Crippen LogP contribution is -2.11. The van der Waals surface area contributed by atoms with Crippen LogP contribution in [-0.2, 0) is 0 Å². The third-order valence-electron chi connectivity index (χ3n) is 5.79. The van der Waals surface area contributed by atoms with Crippen molar-refractivity contribution in [2.45, 2.75) is 27.7 Å². The first-order valence-electron chi connectivity index (χ1n) is 10.7. The van der Waals surface area contributed by atoms with Gasteiger partial charge in [0.1, 0.15) is 23.0 Å². The Bertz CT molecular complexity index is 1280. The first-order valence-corrected chi connectivity index (χ1v) is 10.7. The highest BCUT2D eigenvalue weighted by atomic mass is 16.5. The summed E-state index contributed by atoms with van der Waals surface area (Å²) in [7, 11) is 0. The molecule has 0 saturated carbocycles. The van der Waals surface area contributed by atoms with E-state index < -0.39 is 0 Å². The average Bonchev–Trinajstić information content (AvgIpc) is 2.80. The normalized spacial score (nSPS) is 10.8. The molecular weight excluding hydrogens is 414 g/mol. The van der Waals surface area contributed by atoms with E-state index in [9.17, 15) is 15.3 Å². The molecule has 33 heavy (non-hydrogen) atoms. The quantitative estimate of drug-likeness (QED) is 0.303. The van der Waals surface area contributed by atoms with Crippen molar-refractivity contribution in [2.24, 2.45) is 0 Å². The van der Waals surface area contributed by atoms with Gasteiger partial charge in [-0.1, -0.05) is 30.3 Å². The Morgan fingerprint density at radius 2 is 1.15 bits per heavy atom. The van der Waals surface area contributed by atoms with Crippen LogP contribution in [0, 0.1) is 27.7 Å². The van der Waals surface area contributed by atoms with Gasteiger partial charge in [-0.3, -0.25) is 0 Å². The van der Waals surface area contributed by atoms with Crippen LogP contribution in [0.2, 0.25) is 0 Å². The summed E-state index contributed by atoms with van der Waals surface area (Å²) < 4.78 is 6.36. The molecule has 0 aliphatic heterocycles. The highest BCUT2D eigenvalue weighted by Gasteiger charge is 2.20. The van der Waals surface area contributed by atoms with Gasteiger partial charge in [0.05, 0.1) is 5.69 Å². The first-order chi connectivity index (χ1) is 15.8. The van der Waals surface area contributed by atoms with Gasteiger partial charge in [0.2, 0.25) is 0 Å².